The molecule has 2 aliphatic rings. The summed E-state index contributed by atoms with van der Waals surface area (Å²) in [5, 5.41) is 0. The number of anilines is 2. The fourth-order valence-electron chi connectivity index (χ4n) is 3.27. The van der Waals surface area contributed by atoms with E-state index in [0.29, 0.717) is 24.2 Å². The first kappa shape index (κ1) is 14.1. The van der Waals surface area contributed by atoms with Crippen LogP contribution in [0.1, 0.15) is 37.6 Å². The van der Waals surface area contributed by atoms with Crippen LogP contribution in [-0.4, -0.2) is 46.5 Å². The van der Waals surface area contributed by atoms with Crippen molar-refractivity contribution < 1.29 is 4.79 Å². The van der Waals surface area contributed by atoms with Gasteiger partial charge in [-0.15, -0.1) is 0 Å². The van der Waals surface area contributed by atoms with E-state index in [0.717, 1.165) is 56.1 Å². The highest BCUT2D eigenvalue weighted by Gasteiger charge is 2.36. The minimum Gasteiger partial charge on any atom is -0.383 e. The van der Waals surface area contributed by atoms with Crippen molar-refractivity contribution >= 4 is 17.5 Å². The number of hydrogen-bond acceptors (Lipinski definition) is 5. The van der Waals surface area contributed by atoms with E-state index in [1.54, 1.807) is 0 Å². The molecule has 1 aromatic rings. The number of carbonyl (C=O) groups excluding carboxylic acids is 1. The van der Waals surface area contributed by atoms with Gasteiger partial charge in [-0.1, -0.05) is 6.92 Å². The third-order valence-electron chi connectivity index (χ3n) is 4.47. The second-order valence-corrected chi connectivity index (χ2v) is 5.95. The molecule has 0 aliphatic carbocycles. The predicted octanol–water partition coefficient (Wildman–Crippen LogP) is 1.13. The van der Waals surface area contributed by atoms with E-state index in [-0.39, 0.29) is 0 Å². The Morgan fingerprint density at radius 1 is 1.33 bits per heavy atom. The Hall–Kier alpha value is -1.85. The number of aromatic nitrogens is 2. The molecule has 6 heteroatoms. The van der Waals surface area contributed by atoms with Gasteiger partial charge in [0.05, 0.1) is 0 Å². The molecule has 2 N–H and O–H groups in total. The van der Waals surface area contributed by atoms with E-state index in [2.05, 4.69) is 16.8 Å². The third kappa shape index (κ3) is 2.54. The van der Waals surface area contributed by atoms with E-state index in [4.69, 9.17) is 10.7 Å². The fraction of sp³-hybridized carbons (Fsp3) is 0.667. The number of carbonyl (C=O) groups is 1. The zero-order chi connectivity index (χ0) is 15.0. The molecule has 0 bridgehead atoms. The van der Waals surface area contributed by atoms with Crippen molar-refractivity contribution in [3.8, 4) is 0 Å². The van der Waals surface area contributed by atoms with Gasteiger partial charge in [-0.25, -0.2) is 9.97 Å². The number of nitrogen functional groups attached to an aromatic ring is 1. The summed E-state index contributed by atoms with van der Waals surface area (Å²) in [5.41, 5.74) is 7.00. The number of nitrogens with two attached hydrogens (primary N) is 1. The molecular formula is C15H23N5O. The van der Waals surface area contributed by atoms with E-state index in [9.17, 15) is 4.79 Å². The number of nitrogens with zero attached hydrogens (tertiary/aromatic N) is 4. The Bertz CT molecular complexity index is 559. The van der Waals surface area contributed by atoms with Gasteiger partial charge < -0.3 is 15.5 Å². The standard InChI is InChI=1S/C15H23N5O/c1-3-4-12-17-14(16)10(2)15(18-12)19-7-8-20-11(9-19)5-6-13(20)21/h11H,3-9H2,1-2H3,(H2,16,17,18). The van der Waals surface area contributed by atoms with Gasteiger partial charge in [0.25, 0.3) is 0 Å². The van der Waals surface area contributed by atoms with E-state index in [1.165, 1.54) is 0 Å². The summed E-state index contributed by atoms with van der Waals surface area (Å²) >= 11 is 0. The Balaban J connectivity index is 1.85. The highest BCUT2D eigenvalue weighted by Crippen LogP contribution is 2.28. The molecule has 1 atom stereocenters. The first-order valence-electron chi connectivity index (χ1n) is 7.77. The number of amides is 1. The van der Waals surface area contributed by atoms with E-state index < -0.39 is 0 Å². The molecule has 2 aliphatic heterocycles. The van der Waals surface area contributed by atoms with Gasteiger partial charge in [-0.2, -0.15) is 0 Å². The van der Waals surface area contributed by atoms with Crippen molar-refractivity contribution in [1.82, 2.24) is 14.9 Å². The van der Waals surface area contributed by atoms with Crippen LogP contribution in [0, 0.1) is 6.92 Å². The lowest BCUT2D eigenvalue weighted by molar-refractivity contribution is -0.129. The van der Waals surface area contributed by atoms with Crippen LogP contribution in [0.4, 0.5) is 11.6 Å². The monoisotopic (exact) mass is 289 g/mol. The van der Waals surface area contributed by atoms with Crippen LogP contribution < -0.4 is 10.6 Å². The molecule has 6 nitrogen and oxygen atoms in total. The summed E-state index contributed by atoms with van der Waals surface area (Å²) in [6.45, 7) is 6.56. The maximum absolute atomic E-state index is 11.8. The molecule has 1 amide bonds. The van der Waals surface area contributed by atoms with Gasteiger partial charge in [-0.3, -0.25) is 4.79 Å². The Labute approximate surface area is 125 Å². The lowest BCUT2D eigenvalue weighted by atomic mass is 10.1. The second-order valence-electron chi connectivity index (χ2n) is 5.95. The van der Waals surface area contributed by atoms with Gasteiger partial charge >= 0.3 is 0 Å². The maximum Gasteiger partial charge on any atom is 0.223 e. The molecular weight excluding hydrogens is 266 g/mol. The minimum atomic E-state index is 0.297. The molecule has 1 unspecified atom stereocenters. The molecule has 3 heterocycles. The molecule has 0 spiro atoms. The summed E-state index contributed by atoms with van der Waals surface area (Å²) in [6, 6.07) is 0.330. The summed E-state index contributed by atoms with van der Waals surface area (Å²) in [5.74, 6) is 2.64. The van der Waals surface area contributed by atoms with Gasteiger partial charge in [0.1, 0.15) is 17.5 Å². The van der Waals surface area contributed by atoms with Crippen LogP contribution in [-0.2, 0) is 11.2 Å². The predicted molar refractivity (Wildman–Crippen MR) is 82.1 cm³/mol. The normalized spacial score (nSPS) is 21.8. The number of piperazine rings is 1. The van der Waals surface area contributed by atoms with Gasteiger partial charge in [0.2, 0.25) is 5.91 Å². The summed E-state index contributed by atoms with van der Waals surface area (Å²) in [4.78, 5) is 25.1. The summed E-state index contributed by atoms with van der Waals surface area (Å²) in [6.07, 6.45) is 3.49. The van der Waals surface area contributed by atoms with E-state index >= 15 is 0 Å². The number of rotatable bonds is 3. The van der Waals surface area contributed by atoms with Crippen LogP contribution in [0.15, 0.2) is 0 Å². The molecule has 114 valence electrons. The highest BCUT2D eigenvalue weighted by molar-refractivity contribution is 5.79. The molecule has 21 heavy (non-hydrogen) atoms. The highest BCUT2D eigenvalue weighted by atomic mass is 16.2. The van der Waals surface area contributed by atoms with Crippen molar-refractivity contribution in [2.75, 3.05) is 30.3 Å². The maximum atomic E-state index is 11.8. The van der Waals surface area contributed by atoms with Crippen molar-refractivity contribution in [1.29, 1.82) is 0 Å². The smallest absolute Gasteiger partial charge is 0.223 e. The number of fused-ring (bicyclic) bond motifs is 1. The minimum absolute atomic E-state index is 0.297. The summed E-state index contributed by atoms with van der Waals surface area (Å²) < 4.78 is 0. The number of aryl methyl sites for hydroxylation is 1. The third-order valence-corrected chi connectivity index (χ3v) is 4.47. The molecule has 2 fully saturated rings. The van der Waals surface area contributed by atoms with Crippen LogP contribution in [0.2, 0.25) is 0 Å². The van der Waals surface area contributed by atoms with E-state index in [1.807, 2.05) is 11.8 Å². The molecule has 0 radical (unpaired) electrons. The van der Waals surface area contributed by atoms with Crippen molar-refractivity contribution in [2.45, 2.75) is 45.6 Å². The molecule has 0 aromatic carbocycles. The topological polar surface area (TPSA) is 75.3 Å². The Kier molecular flexibility index (Phi) is 3.69. The second kappa shape index (κ2) is 5.50. The van der Waals surface area contributed by atoms with Crippen LogP contribution in [0.5, 0.6) is 0 Å². The van der Waals surface area contributed by atoms with Crippen molar-refractivity contribution in [2.24, 2.45) is 0 Å². The van der Waals surface area contributed by atoms with Crippen molar-refractivity contribution in [3.05, 3.63) is 11.4 Å². The molecule has 3 rings (SSSR count). The molecule has 0 saturated carbocycles. The lowest BCUT2D eigenvalue weighted by Crippen LogP contribution is -2.52. The molecule has 1 aromatic heterocycles. The first-order chi connectivity index (χ1) is 10.1. The Morgan fingerprint density at radius 2 is 2.14 bits per heavy atom. The lowest BCUT2D eigenvalue weighted by Gasteiger charge is -2.38. The zero-order valence-electron chi connectivity index (χ0n) is 12.8. The Morgan fingerprint density at radius 3 is 2.90 bits per heavy atom. The van der Waals surface area contributed by atoms with Crippen LogP contribution in [0.25, 0.3) is 0 Å². The van der Waals surface area contributed by atoms with Gasteiger partial charge in [-0.05, 0) is 19.8 Å². The van der Waals surface area contributed by atoms with Gasteiger partial charge in [0.15, 0.2) is 0 Å². The largest absolute Gasteiger partial charge is 0.383 e. The van der Waals surface area contributed by atoms with Crippen molar-refractivity contribution in [3.63, 3.8) is 0 Å². The van der Waals surface area contributed by atoms with Crippen LogP contribution in [0.3, 0.4) is 0 Å². The average Bonchev–Trinajstić information content (AvgIpc) is 2.84. The quantitative estimate of drug-likeness (QED) is 0.903. The zero-order valence-corrected chi connectivity index (χ0v) is 12.8. The molecule has 2 saturated heterocycles. The first-order valence-corrected chi connectivity index (χ1v) is 7.77. The van der Waals surface area contributed by atoms with Gasteiger partial charge in [0, 0.05) is 44.1 Å². The average molecular weight is 289 g/mol. The van der Waals surface area contributed by atoms with Crippen LogP contribution >= 0.6 is 0 Å². The number of hydrogen-bond donors (Lipinski definition) is 1. The summed E-state index contributed by atoms with van der Waals surface area (Å²) in [7, 11) is 0. The fourth-order valence-corrected chi connectivity index (χ4v) is 3.27. The SMILES string of the molecule is CCCc1nc(N)c(C)c(N2CCN3C(=O)CCC3C2)n1.